The third-order valence-corrected chi connectivity index (χ3v) is 2.72. The van der Waals surface area contributed by atoms with Gasteiger partial charge in [-0.25, -0.2) is 4.98 Å². The minimum atomic E-state index is -0.0933. The molecular weight excluding hydrogens is 220 g/mol. The molecule has 1 N–H and O–H groups in total. The Bertz CT molecular complexity index is 422. The average molecular weight is 234 g/mol. The van der Waals surface area contributed by atoms with Crippen molar-refractivity contribution in [3.63, 3.8) is 0 Å². The third-order valence-electron chi connectivity index (χ3n) is 2.72. The summed E-state index contributed by atoms with van der Waals surface area (Å²) in [6.45, 7) is 2.58. The molecule has 2 rings (SSSR count). The number of amides is 1. The molecule has 1 unspecified atom stereocenters. The Morgan fingerprint density at radius 1 is 1.47 bits per heavy atom. The van der Waals surface area contributed by atoms with Crippen LogP contribution in [0.1, 0.15) is 23.7 Å². The maximum Gasteiger partial charge on any atom is 0.231 e. The van der Waals surface area contributed by atoms with Crippen molar-refractivity contribution < 1.29 is 14.3 Å². The highest BCUT2D eigenvalue weighted by Gasteiger charge is 2.23. The maximum atomic E-state index is 11.7. The Labute approximate surface area is 99.2 Å². The van der Waals surface area contributed by atoms with Crippen molar-refractivity contribution in [2.75, 3.05) is 18.5 Å². The zero-order valence-electron chi connectivity index (χ0n) is 9.60. The van der Waals surface area contributed by atoms with E-state index in [1.165, 1.54) is 13.1 Å². The Hall–Kier alpha value is -1.75. The second kappa shape index (κ2) is 5.05. The van der Waals surface area contributed by atoms with E-state index in [4.69, 9.17) is 4.74 Å². The summed E-state index contributed by atoms with van der Waals surface area (Å²) >= 11 is 0. The highest BCUT2D eigenvalue weighted by molar-refractivity contribution is 5.95. The molecule has 0 spiro atoms. The Morgan fingerprint density at radius 2 is 2.29 bits per heavy atom. The molecule has 5 heteroatoms. The smallest absolute Gasteiger partial charge is 0.231 e. The predicted octanol–water partition coefficient (Wildman–Crippen LogP) is 1.26. The van der Waals surface area contributed by atoms with Crippen LogP contribution in [0.2, 0.25) is 0 Å². The second-order valence-electron chi connectivity index (χ2n) is 4.04. The van der Waals surface area contributed by atoms with E-state index in [1.807, 2.05) is 0 Å². The van der Waals surface area contributed by atoms with Gasteiger partial charge in [0.2, 0.25) is 5.91 Å². The second-order valence-corrected chi connectivity index (χ2v) is 4.04. The van der Waals surface area contributed by atoms with Gasteiger partial charge in [0.1, 0.15) is 5.82 Å². The summed E-state index contributed by atoms with van der Waals surface area (Å²) in [5.41, 5.74) is 0.534. The van der Waals surface area contributed by atoms with E-state index in [0.717, 1.165) is 6.42 Å². The van der Waals surface area contributed by atoms with Gasteiger partial charge in [0.05, 0.1) is 12.5 Å². The zero-order valence-corrected chi connectivity index (χ0v) is 9.60. The number of ketones is 1. The standard InChI is InChI=1S/C12H14N2O3/c1-8(15)9-2-3-11(13-6-9)14-12(16)10-4-5-17-7-10/h2-3,6,10H,4-5,7H2,1H3,(H,13,14,16). The van der Waals surface area contributed by atoms with E-state index >= 15 is 0 Å². The topological polar surface area (TPSA) is 68.3 Å². The Balaban J connectivity index is 1.98. The number of anilines is 1. The number of aromatic nitrogens is 1. The van der Waals surface area contributed by atoms with Crippen LogP contribution in [-0.2, 0) is 9.53 Å². The van der Waals surface area contributed by atoms with Crippen molar-refractivity contribution in [3.05, 3.63) is 23.9 Å². The first-order valence-corrected chi connectivity index (χ1v) is 5.52. The van der Waals surface area contributed by atoms with Gasteiger partial charge in [0.15, 0.2) is 5.78 Å². The van der Waals surface area contributed by atoms with E-state index in [9.17, 15) is 9.59 Å². The molecule has 0 aromatic carbocycles. The lowest BCUT2D eigenvalue weighted by atomic mass is 10.1. The number of carbonyl (C=O) groups excluding carboxylic acids is 2. The molecule has 5 nitrogen and oxygen atoms in total. The lowest BCUT2D eigenvalue weighted by Crippen LogP contribution is -2.23. The number of Topliss-reactive ketones (excluding diaryl/α,β-unsaturated/α-hetero) is 1. The van der Waals surface area contributed by atoms with Gasteiger partial charge < -0.3 is 10.1 Å². The first-order valence-electron chi connectivity index (χ1n) is 5.52. The number of nitrogens with one attached hydrogen (secondary N) is 1. The number of hydrogen-bond acceptors (Lipinski definition) is 4. The molecule has 1 saturated heterocycles. The molecule has 1 aromatic rings. The summed E-state index contributed by atoms with van der Waals surface area (Å²) in [6, 6.07) is 3.28. The van der Waals surface area contributed by atoms with Crippen molar-refractivity contribution in [1.29, 1.82) is 0 Å². The summed E-state index contributed by atoms with van der Waals surface area (Å²) in [7, 11) is 0. The lowest BCUT2D eigenvalue weighted by molar-refractivity contribution is -0.119. The minimum absolute atomic E-state index is 0.0421. The molecule has 90 valence electrons. The van der Waals surface area contributed by atoms with Gasteiger partial charge in [-0.1, -0.05) is 0 Å². The van der Waals surface area contributed by atoms with E-state index in [2.05, 4.69) is 10.3 Å². The molecule has 0 aliphatic carbocycles. The molecule has 2 heterocycles. The van der Waals surface area contributed by atoms with Crippen LogP contribution in [0.15, 0.2) is 18.3 Å². The fraction of sp³-hybridized carbons (Fsp3) is 0.417. The molecule has 1 fully saturated rings. The van der Waals surface area contributed by atoms with Crippen LogP contribution >= 0.6 is 0 Å². The largest absolute Gasteiger partial charge is 0.381 e. The number of pyridine rings is 1. The fourth-order valence-corrected chi connectivity index (χ4v) is 1.65. The summed E-state index contributed by atoms with van der Waals surface area (Å²) in [5.74, 6) is 0.251. The number of ether oxygens (including phenoxy) is 1. The molecule has 1 aromatic heterocycles. The molecule has 0 bridgehead atoms. The van der Waals surface area contributed by atoms with Crippen LogP contribution in [0, 0.1) is 5.92 Å². The van der Waals surface area contributed by atoms with Gasteiger partial charge in [-0.2, -0.15) is 0 Å². The predicted molar refractivity (Wildman–Crippen MR) is 61.8 cm³/mol. The Kier molecular flexibility index (Phi) is 3.49. The average Bonchev–Trinajstić information content (AvgIpc) is 2.83. The molecule has 1 atom stereocenters. The summed E-state index contributed by atoms with van der Waals surface area (Å²) in [5, 5.41) is 2.71. The monoisotopic (exact) mass is 234 g/mol. The van der Waals surface area contributed by atoms with Crippen molar-refractivity contribution in [3.8, 4) is 0 Å². The molecule has 1 amide bonds. The van der Waals surface area contributed by atoms with E-state index in [0.29, 0.717) is 24.6 Å². The summed E-state index contributed by atoms with van der Waals surface area (Å²) in [4.78, 5) is 26.8. The molecule has 0 saturated carbocycles. The van der Waals surface area contributed by atoms with Gasteiger partial charge in [0.25, 0.3) is 0 Å². The third kappa shape index (κ3) is 2.88. The van der Waals surface area contributed by atoms with Crippen LogP contribution < -0.4 is 5.32 Å². The van der Waals surface area contributed by atoms with Crippen LogP contribution in [0.3, 0.4) is 0 Å². The van der Waals surface area contributed by atoms with Crippen LogP contribution in [-0.4, -0.2) is 29.9 Å². The van der Waals surface area contributed by atoms with E-state index in [-0.39, 0.29) is 17.6 Å². The normalized spacial score (nSPS) is 19.0. The quantitative estimate of drug-likeness (QED) is 0.799. The van der Waals surface area contributed by atoms with Gasteiger partial charge in [-0.05, 0) is 25.5 Å². The highest BCUT2D eigenvalue weighted by atomic mass is 16.5. The molecule has 17 heavy (non-hydrogen) atoms. The number of rotatable bonds is 3. The highest BCUT2D eigenvalue weighted by Crippen LogP contribution is 2.15. The summed E-state index contributed by atoms with van der Waals surface area (Å²) in [6.07, 6.45) is 2.21. The number of carbonyl (C=O) groups is 2. The molecule has 0 radical (unpaired) electrons. The number of hydrogen-bond donors (Lipinski definition) is 1. The maximum absolute atomic E-state index is 11.7. The van der Waals surface area contributed by atoms with Crippen molar-refractivity contribution >= 4 is 17.5 Å². The first-order chi connectivity index (χ1) is 8.16. The zero-order chi connectivity index (χ0) is 12.3. The van der Waals surface area contributed by atoms with E-state index in [1.54, 1.807) is 12.1 Å². The lowest BCUT2D eigenvalue weighted by Gasteiger charge is -2.08. The Morgan fingerprint density at radius 3 is 2.82 bits per heavy atom. The molecule has 1 aliphatic heterocycles. The number of nitrogens with zero attached hydrogens (tertiary/aromatic N) is 1. The van der Waals surface area contributed by atoms with Gasteiger partial charge >= 0.3 is 0 Å². The minimum Gasteiger partial charge on any atom is -0.381 e. The fourth-order valence-electron chi connectivity index (χ4n) is 1.65. The molecular formula is C12H14N2O3. The van der Waals surface area contributed by atoms with Crippen molar-refractivity contribution in [2.45, 2.75) is 13.3 Å². The van der Waals surface area contributed by atoms with Gasteiger partial charge in [0, 0.05) is 18.4 Å². The van der Waals surface area contributed by atoms with Crippen LogP contribution in [0.5, 0.6) is 0 Å². The van der Waals surface area contributed by atoms with Gasteiger partial charge in [-0.15, -0.1) is 0 Å². The van der Waals surface area contributed by atoms with E-state index < -0.39 is 0 Å². The SMILES string of the molecule is CC(=O)c1ccc(NC(=O)C2CCOC2)nc1. The van der Waals surface area contributed by atoms with Crippen molar-refractivity contribution in [2.24, 2.45) is 5.92 Å². The van der Waals surface area contributed by atoms with Gasteiger partial charge in [-0.3, -0.25) is 9.59 Å². The van der Waals surface area contributed by atoms with Crippen LogP contribution in [0.25, 0.3) is 0 Å². The molecule has 1 aliphatic rings. The first kappa shape index (κ1) is 11.7. The van der Waals surface area contributed by atoms with Crippen LogP contribution in [0.4, 0.5) is 5.82 Å². The van der Waals surface area contributed by atoms with Crippen molar-refractivity contribution in [1.82, 2.24) is 4.98 Å². The summed E-state index contributed by atoms with van der Waals surface area (Å²) < 4.78 is 5.14.